The van der Waals surface area contributed by atoms with Gasteiger partial charge in [0.2, 0.25) is 0 Å². The van der Waals surface area contributed by atoms with Crippen molar-refractivity contribution in [3.63, 3.8) is 0 Å². The summed E-state index contributed by atoms with van der Waals surface area (Å²) in [4.78, 5) is 0. The molecule has 0 heterocycles. The van der Waals surface area contributed by atoms with Gasteiger partial charge in [0.15, 0.2) is 29.0 Å². The maximum atomic E-state index is 13.5. The van der Waals surface area contributed by atoms with Crippen LogP contribution in [0.15, 0.2) is 34.8 Å². The minimum atomic E-state index is -1.07. The monoisotopic (exact) mass is 327 g/mol. The van der Waals surface area contributed by atoms with Crippen molar-refractivity contribution in [2.75, 3.05) is 0 Å². The first kappa shape index (κ1) is 13.4. The van der Waals surface area contributed by atoms with Gasteiger partial charge in [-0.2, -0.15) is 5.26 Å². The molecular weight excluding hydrogens is 323 g/mol. The normalized spacial score (nSPS) is 10.1. The fourth-order valence-electron chi connectivity index (χ4n) is 1.39. The first-order valence-corrected chi connectivity index (χ1v) is 5.82. The Morgan fingerprint density at radius 2 is 1.63 bits per heavy atom. The average Bonchev–Trinajstić information content (AvgIpc) is 2.35. The lowest BCUT2D eigenvalue weighted by molar-refractivity contribution is 0.387. The standard InChI is InChI=1S/C13H5BrF3NO/c14-8-1-2-12(9(15)5-8)19-13-10(16)3-7(6-18)4-11(13)17/h1-5H. The van der Waals surface area contributed by atoms with Gasteiger partial charge in [-0.3, -0.25) is 0 Å². The predicted octanol–water partition coefficient (Wildman–Crippen LogP) is 4.53. The molecule has 2 rings (SSSR count). The van der Waals surface area contributed by atoms with E-state index in [0.717, 1.165) is 18.2 Å². The Balaban J connectivity index is 2.41. The van der Waals surface area contributed by atoms with Gasteiger partial charge in [0.05, 0.1) is 11.6 Å². The summed E-state index contributed by atoms with van der Waals surface area (Å²) in [6.07, 6.45) is 0. The Hall–Kier alpha value is -2.00. The zero-order valence-corrected chi connectivity index (χ0v) is 10.8. The van der Waals surface area contributed by atoms with E-state index in [1.165, 1.54) is 12.1 Å². The van der Waals surface area contributed by atoms with Crippen LogP contribution in [0.5, 0.6) is 11.5 Å². The topological polar surface area (TPSA) is 33.0 Å². The maximum absolute atomic E-state index is 13.5. The summed E-state index contributed by atoms with van der Waals surface area (Å²) in [5.74, 6) is -3.97. The summed E-state index contributed by atoms with van der Waals surface area (Å²) in [5.41, 5.74) is -0.182. The summed E-state index contributed by atoms with van der Waals surface area (Å²) in [7, 11) is 0. The highest BCUT2D eigenvalue weighted by Crippen LogP contribution is 2.31. The number of halogens is 4. The van der Waals surface area contributed by atoms with E-state index in [4.69, 9.17) is 10.00 Å². The van der Waals surface area contributed by atoms with Gasteiger partial charge in [0, 0.05) is 4.47 Å². The molecule has 0 saturated heterocycles. The van der Waals surface area contributed by atoms with E-state index in [1.807, 2.05) is 0 Å². The van der Waals surface area contributed by atoms with Gasteiger partial charge in [-0.1, -0.05) is 15.9 Å². The van der Waals surface area contributed by atoms with E-state index < -0.39 is 23.2 Å². The lowest BCUT2D eigenvalue weighted by Crippen LogP contribution is -1.96. The van der Waals surface area contributed by atoms with Crippen LogP contribution in [-0.2, 0) is 0 Å². The minimum Gasteiger partial charge on any atom is -0.448 e. The van der Waals surface area contributed by atoms with Crippen molar-refractivity contribution >= 4 is 15.9 Å². The van der Waals surface area contributed by atoms with Crippen LogP contribution in [0.3, 0.4) is 0 Å². The van der Waals surface area contributed by atoms with Gasteiger partial charge in [0.1, 0.15) is 0 Å². The first-order valence-electron chi connectivity index (χ1n) is 5.03. The van der Waals surface area contributed by atoms with Crippen LogP contribution < -0.4 is 4.74 Å². The molecule has 0 atom stereocenters. The molecule has 2 aromatic carbocycles. The van der Waals surface area contributed by atoms with Crippen molar-refractivity contribution in [2.24, 2.45) is 0 Å². The molecule has 0 aliphatic heterocycles. The van der Waals surface area contributed by atoms with E-state index >= 15 is 0 Å². The third-order valence-electron chi connectivity index (χ3n) is 2.23. The number of ether oxygens (including phenoxy) is 1. The number of nitrogens with zero attached hydrogens (tertiary/aromatic N) is 1. The second kappa shape index (κ2) is 5.33. The Morgan fingerprint density at radius 1 is 1.00 bits per heavy atom. The van der Waals surface area contributed by atoms with E-state index in [2.05, 4.69) is 15.9 Å². The quantitative estimate of drug-likeness (QED) is 0.811. The number of hydrogen-bond donors (Lipinski definition) is 0. The summed E-state index contributed by atoms with van der Waals surface area (Å²) >= 11 is 3.05. The van der Waals surface area contributed by atoms with E-state index in [1.54, 1.807) is 6.07 Å². The molecule has 0 amide bonds. The number of rotatable bonds is 2. The molecule has 0 spiro atoms. The van der Waals surface area contributed by atoms with Crippen LogP contribution in [0.1, 0.15) is 5.56 Å². The van der Waals surface area contributed by atoms with Crippen LogP contribution >= 0.6 is 15.9 Å². The molecule has 0 radical (unpaired) electrons. The van der Waals surface area contributed by atoms with Crippen LogP contribution in [0.4, 0.5) is 13.2 Å². The Morgan fingerprint density at radius 3 is 2.16 bits per heavy atom. The van der Waals surface area contributed by atoms with Crippen LogP contribution in [-0.4, -0.2) is 0 Å². The molecule has 0 saturated carbocycles. The molecule has 6 heteroatoms. The van der Waals surface area contributed by atoms with Crippen molar-refractivity contribution in [3.05, 3.63) is 57.8 Å². The van der Waals surface area contributed by atoms with Crippen LogP contribution in [0.25, 0.3) is 0 Å². The van der Waals surface area contributed by atoms with Gasteiger partial charge in [-0.15, -0.1) is 0 Å². The third-order valence-corrected chi connectivity index (χ3v) is 2.73. The van der Waals surface area contributed by atoms with Gasteiger partial charge in [0.25, 0.3) is 0 Å². The molecule has 0 unspecified atom stereocenters. The lowest BCUT2D eigenvalue weighted by Gasteiger charge is -2.09. The number of hydrogen-bond acceptors (Lipinski definition) is 2. The second-order valence-electron chi connectivity index (χ2n) is 3.56. The van der Waals surface area contributed by atoms with E-state index in [9.17, 15) is 13.2 Å². The molecule has 96 valence electrons. The van der Waals surface area contributed by atoms with Crippen molar-refractivity contribution in [3.8, 4) is 17.6 Å². The maximum Gasteiger partial charge on any atom is 0.198 e. The molecular formula is C13H5BrF3NO. The number of benzene rings is 2. The summed E-state index contributed by atoms with van der Waals surface area (Å²) in [6.45, 7) is 0. The average molecular weight is 328 g/mol. The molecule has 0 aliphatic carbocycles. The van der Waals surface area contributed by atoms with Crippen molar-refractivity contribution in [2.45, 2.75) is 0 Å². The van der Waals surface area contributed by atoms with Crippen LogP contribution in [0.2, 0.25) is 0 Å². The second-order valence-corrected chi connectivity index (χ2v) is 4.47. The van der Waals surface area contributed by atoms with Gasteiger partial charge in [-0.05, 0) is 30.3 Å². The molecule has 0 N–H and O–H groups in total. The fraction of sp³-hybridized carbons (Fsp3) is 0. The fourth-order valence-corrected chi connectivity index (χ4v) is 1.72. The smallest absolute Gasteiger partial charge is 0.198 e. The Bertz CT molecular complexity index is 659. The van der Waals surface area contributed by atoms with Crippen molar-refractivity contribution in [1.29, 1.82) is 5.26 Å². The molecule has 2 aromatic rings. The zero-order valence-electron chi connectivity index (χ0n) is 9.25. The van der Waals surface area contributed by atoms with Gasteiger partial charge < -0.3 is 4.74 Å². The Labute approximate surface area is 115 Å². The first-order chi connectivity index (χ1) is 9.01. The molecule has 2 nitrogen and oxygen atoms in total. The molecule has 0 aliphatic rings. The highest BCUT2D eigenvalue weighted by Gasteiger charge is 2.15. The SMILES string of the molecule is N#Cc1cc(F)c(Oc2ccc(Br)cc2F)c(F)c1. The minimum absolute atomic E-state index is 0.182. The highest BCUT2D eigenvalue weighted by molar-refractivity contribution is 9.10. The van der Waals surface area contributed by atoms with E-state index in [-0.39, 0.29) is 11.3 Å². The zero-order chi connectivity index (χ0) is 14.0. The molecule has 0 aromatic heterocycles. The predicted molar refractivity (Wildman–Crippen MR) is 65.2 cm³/mol. The summed E-state index contributed by atoms with van der Waals surface area (Å²) < 4.78 is 45.9. The third kappa shape index (κ3) is 2.88. The lowest BCUT2D eigenvalue weighted by atomic mass is 10.2. The summed E-state index contributed by atoms with van der Waals surface area (Å²) in [6, 6.07) is 7.04. The Kier molecular flexibility index (Phi) is 3.76. The highest BCUT2D eigenvalue weighted by atomic mass is 79.9. The molecule has 0 bridgehead atoms. The number of nitriles is 1. The van der Waals surface area contributed by atoms with Crippen molar-refractivity contribution < 1.29 is 17.9 Å². The van der Waals surface area contributed by atoms with E-state index in [0.29, 0.717) is 4.47 Å². The summed E-state index contributed by atoms with van der Waals surface area (Å²) in [5, 5.41) is 8.55. The molecule has 19 heavy (non-hydrogen) atoms. The largest absolute Gasteiger partial charge is 0.448 e. The van der Waals surface area contributed by atoms with Gasteiger partial charge in [-0.25, -0.2) is 13.2 Å². The van der Waals surface area contributed by atoms with Crippen LogP contribution in [0, 0.1) is 28.8 Å². The van der Waals surface area contributed by atoms with Crippen molar-refractivity contribution in [1.82, 2.24) is 0 Å². The molecule has 0 fully saturated rings. The van der Waals surface area contributed by atoms with Gasteiger partial charge >= 0.3 is 0 Å².